The Morgan fingerprint density at radius 2 is 1.59 bits per heavy atom. The second-order valence-corrected chi connectivity index (χ2v) is 9.42. The van der Waals surface area contributed by atoms with Crippen molar-refractivity contribution in [2.45, 2.75) is 44.9 Å². The highest BCUT2D eigenvalue weighted by molar-refractivity contribution is 5.88. The van der Waals surface area contributed by atoms with Gasteiger partial charge in [0.1, 0.15) is 5.75 Å². The Labute approximate surface area is 192 Å². The average Bonchev–Trinajstić information content (AvgIpc) is 2.87. The minimum atomic E-state index is -0.240. The number of carbonyl (C=O) groups is 2. The molecule has 2 amide bonds. The van der Waals surface area contributed by atoms with E-state index in [1.165, 1.54) is 32.1 Å². The fraction of sp³-hybridized carbons (Fsp3) is 0.615. The maximum atomic E-state index is 13.4. The van der Waals surface area contributed by atoms with E-state index in [0.717, 1.165) is 31.1 Å². The van der Waals surface area contributed by atoms with Crippen molar-refractivity contribution >= 4 is 17.5 Å². The molecule has 1 aromatic rings. The molecule has 2 atom stereocenters. The van der Waals surface area contributed by atoms with Crippen molar-refractivity contribution in [2.75, 3.05) is 44.7 Å². The zero-order valence-electron chi connectivity index (χ0n) is 19.3. The largest absolute Gasteiger partial charge is 0.497 e. The van der Waals surface area contributed by atoms with Crippen molar-refractivity contribution in [3.8, 4) is 5.75 Å². The van der Waals surface area contributed by atoms with Gasteiger partial charge in [-0.3, -0.25) is 9.59 Å². The summed E-state index contributed by atoms with van der Waals surface area (Å²) in [6, 6.07) is 8.07. The zero-order chi connectivity index (χ0) is 22.3. The van der Waals surface area contributed by atoms with Gasteiger partial charge in [-0.15, -0.1) is 0 Å². The molecule has 6 nitrogen and oxygen atoms in total. The highest BCUT2D eigenvalue weighted by Crippen LogP contribution is 2.29. The topological polar surface area (TPSA) is 61.9 Å². The fourth-order valence-corrected chi connectivity index (χ4v) is 5.36. The van der Waals surface area contributed by atoms with Gasteiger partial charge in [-0.25, -0.2) is 0 Å². The number of allylic oxidation sites excluding steroid dienone is 2. The van der Waals surface area contributed by atoms with E-state index < -0.39 is 0 Å². The predicted octanol–water partition coefficient (Wildman–Crippen LogP) is 3.62. The molecule has 174 valence electrons. The molecule has 2 unspecified atom stereocenters. The summed E-state index contributed by atoms with van der Waals surface area (Å²) in [5.74, 6) is 1.18. The number of nitrogens with one attached hydrogen (secondary N) is 1. The number of anilines is 1. The first-order valence-electron chi connectivity index (χ1n) is 12.3. The van der Waals surface area contributed by atoms with Gasteiger partial charge in [0.25, 0.3) is 0 Å². The van der Waals surface area contributed by atoms with Crippen LogP contribution in [0.5, 0.6) is 5.75 Å². The summed E-state index contributed by atoms with van der Waals surface area (Å²) in [5.41, 5.74) is 1.15. The number of piperazine rings is 1. The van der Waals surface area contributed by atoms with Gasteiger partial charge in [0.05, 0.1) is 18.9 Å². The average molecular weight is 440 g/mol. The Balaban J connectivity index is 1.30. The summed E-state index contributed by atoms with van der Waals surface area (Å²) >= 11 is 0. The lowest BCUT2D eigenvalue weighted by molar-refractivity contribution is -0.142. The number of nitrogens with zero attached hydrogens (tertiary/aromatic N) is 2. The van der Waals surface area contributed by atoms with Gasteiger partial charge in [0.15, 0.2) is 0 Å². The smallest absolute Gasteiger partial charge is 0.226 e. The first-order chi connectivity index (χ1) is 15.7. The third-order valence-electron chi connectivity index (χ3n) is 7.40. The Kier molecular flexibility index (Phi) is 7.72. The van der Waals surface area contributed by atoms with Crippen LogP contribution in [-0.2, 0) is 9.59 Å². The third-order valence-corrected chi connectivity index (χ3v) is 7.40. The second kappa shape index (κ2) is 10.9. The Morgan fingerprint density at radius 3 is 2.25 bits per heavy atom. The lowest BCUT2D eigenvalue weighted by Gasteiger charge is -2.39. The summed E-state index contributed by atoms with van der Waals surface area (Å²) < 4.78 is 5.24. The molecule has 0 radical (unpaired) electrons. The fourth-order valence-electron chi connectivity index (χ4n) is 5.36. The monoisotopic (exact) mass is 439 g/mol. The molecule has 1 N–H and O–H groups in total. The summed E-state index contributed by atoms with van der Waals surface area (Å²) in [5, 5.41) is 3.19. The molecule has 1 saturated heterocycles. The summed E-state index contributed by atoms with van der Waals surface area (Å²) in [7, 11) is 1.67. The number of hydrogen-bond donors (Lipinski definition) is 1. The van der Waals surface area contributed by atoms with Crippen LogP contribution in [0.3, 0.4) is 0 Å². The molecular formula is C26H37N3O3. The quantitative estimate of drug-likeness (QED) is 0.688. The molecule has 3 aliphatic rings. The zero-order valence-corrected chi connectivity index (χ0v) is 19.3. The summed E-state index contributed by atoms with van der Waals surface area (Å²) in [6.07, 6.45) is 11.8. The van der Waals surface area contributed by atoms with Gasteiger partial charge >= 0.3 is 0 Å². The Morgan fingerprint density at radius 1 is 0.938 bits per heavy atom. The molecule has 1 aliphatic heterocycles. The predicted molar refractivity (Wildman–Crippen MR) is 127 cm³/mol. The molecule has 32 heavy (non-hydrogen) atoms. The molecule has 2 fully saturated rings. The van der Waals surface area contributed by atoms with E-state index in [-0.39, 0.29) is 23.7 Å². The van der Waals surface area contributed by atoms with Crippen LogP contribution in [0.1, 0.15) is 44.9 Å². The number of ether oxygens (including phenoxy) is 1. The van der Waals surface area contributed by atoms with Gasteiger partial charge in [-0.2, -0.15) is 0 Å². The maximum absolute atomic E-state index is 13.4. The van der Waals surface area contributed by atoms with Crippen LogP contribution in [0.25, 0.3) is 0 Å². The minimum Gasteiger partial charge on any atom is -0.497 e. The molecule has 0 spiro atoms. The van der Waals surface area contributed by atoms with Crippen LogP contribution in [-0.4, -0.2) is 56.5 Å². The summed E-state index contributed by atoms with van der Waals surface area (Å²) in [4.78, 5) is 30.6. The van der Waals surface area contributed by atoms with Crippen molar-refractivity contribution in [3.63, 3.8) is 0 Å². The van der Waals surface area contributed by atoms with Crippen molar-refractivity contribution in [1.29, 1.82) is 0 Å². The number of methoxy groups -OCH3 is 1. The normalized spacial score (nSPS) is 24.3. The maximum Gasteiger partial charge on any atom is 0.226 e. The molecule has 1 aromatic carbocycles. The van der Waals surface area contributed by atoms with E-state index in [9.17, 15) is 9.59 Å². The number of amides is 2. The van der Waals surface area contributed by atoms with Crippen molar-refractivity contribution < 1.29 is 14.3 Å². The van der Waals surface area contributed by atoms with Gasteiger partial charge in [-0.05, 0) is 55.9 Å². The highest BCUT2D eigenvalue weighted by Gasteiger charge is 2.37. The second-order valence-electron chi connectivity index (χ2n) is 9.42. The number of benzene rings is 1. The molecule has 4 rings (SSSR count). The number of rotatable bonds is 6. The van der Waals surface area contributed by atoms with Gasteiger partial charge < -0.3 is 19.9 Å². The van der Waals surface area contributed by atoms with E-state index in [1.54, 1.807) is 7.11 Å². The van der Waals surface area contributed by atoms with Crippen LogP contribution in [0.2, 0.25) is 0 Å². The van der Waals surface area contributed by atoms with E-state index in [4.69, 9.17) is 4.74 Å². The lowest BCUT2D eigenvalue weighted by Crippen LogP contribution is -2.52. The van der Waals surface area contributed by atoms with Crippen LogP contribution in [0.15, 0.2) is 36.4 Å². The minimum absolute atomic E-state index is 0.0649. The van der Waals surface area contributed by atoms with Crippen molar-refractivity contribution in [3.05, 3.63) is 36.4 Å². The number of hydrogen-bond acceptors (Lipinski definition) is 4. The highest BCUT2D eigenvalue weighted by atomic mass is 16.5. The Hall–Kier alpha value is -2.50. The van der Waals surface area contributed by atoms with E-state index >= 15 is 0 Å². The van der Waals surface area contributed by atoms with Crippen LogP contribution in [0, 0.1) is 17.8 Å². The first kappa shape index (κ1) is 22.7. The lowest BCUT2D eigenvalue weighted by atomic mass is 9.81. The third kappa shape index (κ3) is 5.45. The van der Waals surface area contributed by atoms with Crippen LogP contribution in [0.4, 0.5) is 5.69 Å². The van der Waals surface area contributed by atoms with E-state index in [0.29, 0.717) is 31.8 Å². The van der Waals surface area contributed by atoms with Gasteiger partial charge in [0, 0.05) is 38.4 Å². The van der Waals surface area contributed by atoms with Gasteiger partial charge in [-0.1, -0.05) is 31.4 Å². The molecule has 0 bridgehead atoms. The molecule has 6 heteroatoms. The molecule has 2 aliphatic carbocycles. The Bertz CT molecular complexity index is 793. The summed E-state index contributed by atoms with van der Waals surface area (Å²) in [6.45, 7) is 3.77. The van der Waals surface area contributed by atoms with Crippen molar-refractivity contribution in [2.24, 2.45) is 17.8 Å². The molecular weight excluding hydrogens is 402 g/mol. The molecule has 1 heterocycles. The van der Waals surface area contributed by atoms with E-state index in [1.807, 2.05) is 17.0 Å². The number of carbonyl (C=O) groups excluding carboxylic acids is 2. The first-order valence-corrected chi connectivity index (χ1v) is 12.3. The standard InChI is InChI=1S/C26H37N3O3/c1-32-22-13-11-21(12-14-22)28-15-17-29(18-16-28)26(31)24-10-6-5-9-23(24)25(30)27-19-20-7-3-2-4-8-20/h5-6,11-14,20,23-24H,2-4,7-10,15-19H2,1H3,(H,27,30). The van der Waals surface area contributed by atoms with Crippen LogP contribution >= 0.6 is 0 Å². The molecule has 1 saturated carbocycles. The van der Waals surface area contributed by atoms with Gasteiger partial charge in [0.2, 0.25) is 11.8 Å². The van der Waals surface area contributed by atoms with E-state index in [2.05, 4.69) is 34.5 Å². The van der Waals surface area contributed by atoms with Crippen molar-refractivity contribution in [1.82, 2.24) is 10.2 Å². The SMILES string of the molecule is COc1ccc(N2CCN(C(=O)C3CC=CCC3C(=O)NCC3CCCCC3)CC2)cc1. The van der Waals surface area contributed by atoms with Crippen LogP contribution < -0.4 is 15.0 Å². The molecule has 0 aromatic heterocycles.